The van der Waals surface area contributed by atoms with Gasteiger partial charge in [-0.15, -0.1) is 11.3 Å². The van der Waals surface area contributed by atoms with Gasteiger partial charge in [0.15, 0.2) is 0 Å². The fourth-order valence-electron chi connectivity index (χ4n) is 2.07. The first-order valence-corrected chi connectivity index (χ1v) is 7.70. The van der Waals surface area contributed by atoms with E-state index in [1.165, 1.54) is 4.88 Å². The van der Waals surface area contributed by atoms with Gasteiger partial charge in [-0.2, -0.15) is 0 Å². The number of aryl methyl sites for hydroxylation is 1. The summed E-state index contributed by atoms with van der Waals surface area (Å²) in [4.78, 5) is 21.4. The normalized spacial score (nSPS) is 14.2. The molecule has 0 atom stereocenters. The molecule has 1 N–H and O–H groups in total. The highest BCUT2D eigenvalue weighted by Crippen LogP contribution is 2.29. The summed E-state index contributed by atoms with van der Waals surface area (Å²) in [5.74, 6) is 0.492. The number of thiazole rings is 1. The molecule has 1 saturated carbocycles. The Morgan fingerprint density at radius 2 is 2.15 bits per heavy atom. The third kappa shape index (κ3) is 3.04. The topological polar surface area (TPSA) is 54.9 Å². The van der Waals surface area contributed by atoms with Gasteiger partial charge in [-0.25, -0.2) is 4.98 Å². The van der Waals surface area contributed by atoms with Crippen LogP contribution in [0, 0.1) is 12.8 Å². The lowest BCUT2D eigenvalue weighted by Gasteiger charge is -2.02. The second-order valence-electron chi connectivity index (χ2n) is 5.08. The van der Waals surface area contributed by atoms with Crippen molar-refractivity contribution in [2.24, 2.45) is 5.92 Å². The van der Waals surface area contributed by atoms with Crippen LogP contribution in [0.5, 0.6) is 0 Å². The van der Waals surface area contributed by atoms with Gasteiger partial charge in [0.05, 0.1) is 5.69 Å². The third-order valence-electron chi connectivity index (χ3n) is 3.42. The summed E-state index contributed by atoms with van der Waals surface area (Å²) >= 11 is 1.70. The van der Waals surface area contributed by atoms with Crippen LogP contribution in [-0.2, 0) is 11.2 Å². The second-order valence-corrected chi connectivity index (χ2v) is 6.16. The Morgan fingerprint density at radius 3 is 2.85 bits per heavy atom. The molecule has 4 nitrogen and oxygen atoms in total. The minimum Gasteiger partial charge on any atom is -0.356 e. The summed E-state index contributed by atoms with van der Waals surface area (Å²) in [6.45, 7) is 2.73. The van der Waals surface area contributed by atoms with Gasteiger partial charge in [0.1, 0.15) is 5.01 Å². The van der Waals surface area contributed by atoms with Crippen molar-refractivity contribution in [1.29, 1.82) is 0 Å². The zero-order chi connectivity index (χ0) is 13.9. The fourth-order valence-corrected chi connectivity index (χ4v) is 3.13. The van der Waals surface area contributed by atoms with E-state index in [1.807, 2.05) is 19.1 Å². The van der Waals surface area contributed by atoms with E-state index in [4.69, 9.17) is 0 Å². The molecule has 1 aliphatic carbocycles. The first kappa shape index (κ1) is 13.2. The molecule has 5 heteroatoms. The molecule has 1 fully saturated rings. The molecule has 20 heavy (non-hydrogen) atoms. The monoisotopic (exact) mass is 287 g/mol. The van der Waals surface area contributed by atoms with Gasteiger partial charge in [0.25, 0.3) is 0 Å². The van der Waals surface area contributed by atoms with E-state index in [9.17, 15) is 4.79 Å². The smallest absolute Gasteiger partial charge is 0.223 e. The van der Waals surface area contributed by atoms with Crippen LogP contribution in [0.1, 0.15) is 23.4 Å². The van der Waals surface area contributed by atoms with Crippen LogP contribution in [0.25, 0.3) is 10.6 Å². The summed E-state index contributed by atoms with van der Waals surface area (Å²) in [6, 6.07) is 3.94. The highest BCUT2D eigenvalue weighted by molar-refractivity contribution is 7.15. The number of hydrogen-bond donors (Lipinski definition) is 1. The van der Waals surface area contributed by atoms with Gasteiger partial charge in [-0.3, -0.25) is 9.78 Å². The number of nitrogens with one attached hydrogen (secondary N) is 1. The van der Waals surface area contributed by atoms with Gasteiger partial charge >= 0.3 is 0 Å². The first-order valence-electron chi connectivity index (χ1n) is 6.88. The molecule has 1 amide bonds. The van der Waals surface area contributed by atoms with Gasteiger partial charge in [0, 0.05) is 41.7 Å². The molecular formula is C15H17N3OS. The van der Waals surface area contributed by atoms with Crippen LogP contribution < -0.4 is 5.32 Å². The third-order valence-corrected chi connectivity index (χ3v) is 4.69. The van der Waals surface area contributed by atoms with Gasteiger partial charge < -0.3 is 5.32 Å². The number of carbonyl (C=O) groups is 1. The highest BCUT2D eigenvalue weighted by Gasteiger charge is 2.29. The van der Waals surface area contributed by atoms with Crippen LogP contribution in [0.15, 0.2) is 24.5 Å². The molecular weight excluding hydrogens is 270 g/mol. The lowest BCUT2D eigenvalue weighted by atomic mass is 10.3. The Balaban J connectivity index is 1.62. The number of carbonyl (C=O) groups excluding carboxylic acids is 1. The molecule has 104 valence electrons. The van der Waals surface area contributed by atoms with E-state index in [0.717, 1.165) is 35.5 Å². The number of amides is 1. The van der Waals surface area contributed by atoms with Gasteiger partial charge in [0.2, 0.25) is 5.91 Å². The summed E-state index contributed by atoms with van der Waals surface area (Å²) in [7, 11) is 0. The van der Waals surface area contributed by atoms with Crippen LogP contribution >= 0.6 is 11.3 Å². The summed E-state index contributed by atoms with van der Waals surface area (Å²) in [5.41, 5.74) is 2.16. The minimum absolute atomic E-state index is 0.210. The quantitative estimate of drug-likeness (QED) is 0.919. The predicted octanol–water partition coefficient (Wildman–Crippen LogP) is 2.58. The van der Waals surface area contributed by atoms with Gasteiger partial charge in [-0.05, 0) is 31.9 Å². The van der Waals surface area contributed by atoms with Crippen LogP contribution in [0.4, 0.5) is 0 Å². The van der Waals surface area contributed by atoms with E-state index in [2.05, 4.69) is 15.3 Å². The van der Waals surface area contributed by atoms with Crippen molar-refractivity contribution in [3.8, 4) is 10.6 Å². The maximum Gasteiger partial charge on any atom is 0.223 e. The second kappa shape index (κ2) is 5.71. The average molecular weight is 287 g/mol. The van der Waals surface area contributed by atoms with Crippen LogP contribution in [0.3, 0.4) is 0 Å². The summed E-state index contributed by atoms with van der Waals surface area (Å²) < 4.78 is 0. The molecule has 1 aliphatic rings. The summed E-state index contributed by atoms with van der Waals surface area (Å²) in [5, 5.41) is 4.02. The number of rotatable bonds is 5. The molecule has 0 saturated heterocycles. The predicted molar refractivity (Wildman–Crippen MR) is 79.5 cm³/mol. The van der Waals surface area contributed by atoms with E-state index >= 15 is 0 Å². The fraction of sp³-hybridized carbons (Fsp3) is 0.400. The molecule has 0 radical (unpaired) electrons. The zero-order valence-electron chi connectivity index (χ0n) is 11.4. The van der Waals surface area contributed by atoms with Crippen molar-refractivity contribution in [2.75, 3.05) is 6.54 Å². The standard InChI is InChI=1S/C15H17N3OS/c1-10-13(6-9-17-14(19)11-2-3-11)20-15(18-10)12-4-7-16-8-5-12/h4-5,7-8,11H,2-3,6,9H2,1H3,(H,17,19). The molecule has 0 aromatic carbocycles. The average Bonchev–Trinajstić information content (AvgIpc) is 3.25. The molecule has 2 aromatic rings. The number of nitrogens with zero attached hydrogens (tertiary/aromatic N) is 2. The Bertz CT molecular complexity index is 605. The number of aromatic nitrogens is 2. The number of pyridine rings is 1. The van der Waals surface area contributed by atoms with Crippen LogP contribution in [-0.4, -0.2) is 22.4 Å². The Labute approximate surface area is 122 Å². The van der Waals surface area contributed by atoms with Crippen molar-refractivity contribution >= 4 is 17.2 Å². The molecule has 0 spiro atoms. The molecule has 2 aromatic heterocycles. The summed E-state index contributed by atoms with van der Waals surface area (Å²) in [6.07, 6.45) is 6.52. The van der Waals surface area contributed by atoms with E-state index in [1.54, 1.807) is 23.7 Å². The largest absolute Gasteiger partial charge is 0.356 e. The molecule has 0 unspecified atom stereocenters. The van der Waals surface area contributed by atoms with E-state index in [-0.39, 0.29) is 11.8 Å². The van der Waals surface area contributed by atoms with Gasteiger partial charge in [-0.1, -0.05) is 0 Å². The lowest BCUT2D eigenvalue weighted by molar-refractivity contribution is -0.122. The maximum absolute atomic E-state index is 11.6. The first-order chi connectivity index (χ1) is 9.74. The molecule has 3 rings (SSSR count). The SMILES string of the molecule is Cc1nc(-c2ccncc2)sc1CCNC(=O)C1CC1. The molecule has 0 aliphatic heterocycles. The minimum atomic E-state index is 0.210. The van der Waals surface area contributed by atoms with E-state index < -0.39 is 0 Å². The lowest BCUT2D eigenvalue weighted by Crippen LogP contribution is -2.26. The Morgan fingerprint density at radius 1 is 1.40 bits per heavy atom. The Hall–Kier alpha value is -1.75. The highest BCUT2D eigenvalue weighted by atomic mass is 32.1. The van der Waals surface area contributed by atoms with Crippen molar-refractivity contribution < 1.29 is 4.79 Å². The maximum atomic E-state index is 11.6. The van der Waals surface area contributed by atoms with Crippen molar-refractivity contribution in [2.45, 2.75) is 26.2 Å². The van der Waals surface area contributed by atoms with Crippen molar-refractivity contribution in [1.82, 2.24) is 15.3 Å². The number of hydrogen-bond acceptors (Lipinski definition) is 4. The van der Waals surface area contributed by atoms with E-state index in [0.29, 0.717) is 6.54 Å². The van der Waals surface area contributed by atoms with Crippen molar-refractivity contribution in [3.63, 3.8) is 0 Å². The zero-order valence-corrected chi connectivity index (χ0v) is 12.2. The molecule has 0 bridgehead atoms. The molecule has 2 heterocycles. The Kier molecular flexibility index (Phi) is 3.78. The van der Waals surface area contributed by atoms with Crippen molar-refractivity contribution in [3.05, 3.63) is 35.1 Å². The van der Waals surface area contributed by atoms with Crippen LogP contribution in [0.2, 0.25) is 0 Å².